The minimum Gasteiger partial charge on any atom is -0.481 e. The molecule has 1 aromatic rings. The molecule has 4 nitrogen and oxygen atoms in total. The molecule has 0 bridgehead atoms. The first kappa shape index (κ1) is 21.9. The maximum absolute atomic E-state index is 5.20. The van der Waals surface area contributed by atoms with E-state index in [0.717, 1.165) is 12.8 Å². The van der Waals surface area contributed by atoms with Crippen LogP contribution in [0.25, 0.3) is 0 Å². The molecule has 144 valence electrons. The minimum absolute atomic E-state index is 0.330. The van der Waals surface area contributed by atoms with Crippen molar-refractivity contribution in [3.05, 3.63) is 48.7 Å². The molecule has 0 radical (unpaired) electrons. The van der Waals surface area contributed by atoms with Gasteiger partial charge in [-0.3, -0.25) is 0 Å². The highest BCUT2D eigenvalue weighted by atomic mass is 16.5. The Labute approximate surface area is 159 Å². The van der Waals surface area contributed by atoms with Crippen LogP contribution in [0.15, 0.2) is 48.7 Å². The number of allylic oxidation sites excluding steroid dienone is 5. The highest BCUT2D eigenvalue weighted by Crippen LogP contribution is 2.27. The minimum atomic E-state index is 0.330. The molecule has 1 N–H and O–H groups in total. The summed E-state index contributed by atoms with van der Waals surface area (Å²) in [4.78, 5) is 8.74. The summed E-state index contributed by atoms with van der Waals surface area (Å²) in [5, 5.41) is 3.51. The zero-order valence-electron chi connectivity index (χ0n) is 17.2. The van der Waals surface area contributed by atoms with Crippen LogP contribution in [0.5, 0.6) is 5.88 Å². The molecule has 0 saturated heterocycles. The molecule has 0 spiro atoms. The molecule has 0 aliphatic heterocycles. The lowest BCUT2D eigenvalue weighted by Gasteiger charge is -2.28. The van der Waals surface area contributed by atoms with Gasteiger partial charge in [0.1, 0.15) is 0 Å². The van der Waals surface area contributed by atoms with Crippen molar-refractivity contribution in [2.24, 2.45) is 17.8 Å². The van der Waals surface area contributed by atoms with Crippen molar-refractivity contribution in [1.29, 1.82) is 0 Å². The Hall–Kier alpha value is -2.10. The van der Waals surface area contributed by atoms with Gasteiger partial charge in [-0.15, -0.1) is 0 Å². The number of rotatable bonds is 11. The fourth-order valence-corrected chi connectivity index (χ4v) is 3.03. The van der Waals surface area contributed by atoms with Gasteiger partial charge in [0.05, 0.1) is 7.11 Å². The van der Waals surface area contributed by atoms with Gasteiger partial charge < -0.3 is 10.1 Å². The van der Waals surface area contributed by atoms with Crippen molar-refractivity contribution in [1.82, 2.24) is 9.97 Å². The number of hydrogen-bond donors (Lipinski definition) is 1. The third-order valence-electron chi connectivity index (χ3n) is 4.76. The summed E-state index contributed by atoms with van der Waals surface area (Å²) in [6.07, 6.45) is 11.9. The molecule has 0 saturated carbocycles. The van der Waals surface area contributed by atoms with Gasteiger partial charge in [0.15, 0.2) is 0 Å². The largest absolute Gasteiger partial charge is 0.481 e. The molecular formula is C22H35N3O. The average Bonchev–Trinajstić information content (AvgIpc) is 2.60. The van der Waals surface area contributed by atoms with Crippen LogP contribution >= 0.6 is 0 Å². The predicted octanol–water partition coefficient (Wildman–Crippen LogP) is 5.66. The third-order valence-corrected chi connectivity index (χ3v) is 4.76. The maximum Gasteiger partial charge on any atom is 0.226 e. The molecule has 2 unspecified atom stereocenters. The predicted molar refractivity (Wildman–Crippen MR) is 111 cm³/mol. The summed E-state index contributed by atoms with van der Waals surface area (Å²) in [6, 6.07) is 2.09. The molecule has 1 heterocycles. The van der Waals surface area contributed by atoms with Crippen LogP contribution in [0.4, 0.5) is 5.95 Å². The van der Waals surface area contributed by atoms with E-state index in [1.165, 1.54) is 5.57 Å². The van der Waals surface area contributed by atoms with Crippen LogP contribution in [0.2, 0.25) is 0 Å². The van der Waals surface area contributed by atoms with E-state index in [9.17, 15) is 0 Å². The first-order valence-corrected chi connectivity index (χ1v) is 9.46. The quantitative estimate of drug-likeness (QED) is 0.519. The Morgan fingerprint density at radius 2 is 1.96 bits per heavy atom. The summed E-state index contributed by atoms with van der Waals surface area (Å²) in [6.45, 7) is 15.0. The standard InChI is InChI=1S/C22H35N3O/c1-8-9-10-11-17(4)19(6)18(5)15-20(14-16(2)3)24-22-23-13-12-21(25-22)26-7/h8-13,16,18-20H,1,14-15H2,2-7H3,(H,23,24,25)/b10-9-,17-11+/t18?,19?,20-/m0/s1. The summed E-state index contributed by atoms with van der Waals surface area (Å²) in [7, 11) is 1.62. The summed E-state index contributed by atoms with van der Waals surface area (Å²) >= 11 is 0. The normalized spacial score (nSPS) is 15.7. The monoisotopic (exact) mass is 357 g/mol. The zero-order valence-corrected chi connectivity index (χ0v) is 17.2. The SMILES string of the molecule is C=C/C=C\C=C(/C)C(C)C(C)C[C@H](CC(C)C)Nc1nccc(OC)n1. The Bertz CT molecular complexity index is 607. The van der Waals surface area contributed by atoms with E-state index in [2.05, 4.69) is 68.6 Å². The lowest BCUT2D eigenvalue weighted by molar-refractivity contribution is 0.358. The van der Waals surface area contributed by atoms with Crippen molar-refractivity contribution in [3.63, 3.8) is 0 Å². The van der Waals surface area contributed by atoms with E-state index in [1.54, 1.807) is 25.4 Å². The molecule has 0 amide bonds. The summed E-state index contributed by atoms with van der Waals surface area (Å²) in [5.74, 6) is 2.88. The number of aromatic nitrogens is 2. The Morgan fingerprint density at radius 3 is 2.58 bits per heavy atom. The molecule has 0 aliphatic carbocycles. The number of nitrogens with zero attached hydrogens (tertiary/aromatic N) is 2. The highest BCUT2D eigenvalue weighted by Gasteiger charge is 2.20. The van der Waals surface area contributed by atoms with E-state index in [4.69, 9.17) is 4.74 Å². The fraction of sp³-hybridized carbons (Fsp3) is 0.545. The topological polar surface area (TPSA) is 47.0 Å². The number of ether oxygens (including phenoxy) is 1. The van der Waals surface area contributed by atoms with Crippen LogP contribution in [0, 0.1) is 17.8 Å². The smallest absolute Gasteiger partial charge is 0.226 e. The number of hydrogen-bond acceptors (Lipinski definition) is 4. The molecule has 4 heteroatoms. The molecule has 26 heavy (non-hydrogen) atoms. The first-order chi connectivity index (χ1) is 12.4. The van der Waals surface area contributed by atoms with Crippen LogP contribution in [0.3, 0.4) is 0 Å². The molecule has 1 aromatic heterocycles. The van der Waals surface area contributed by atoms with Gasteiger partial charge in [0.25, 0.3) is 0 Å². The van der Waals surface area contributed by atoms with E-state index in [1.807, 2.05) is 6.08 Å². The van der Waals surface area contributed by atoms with Crippen molar-refractivity contribution >= 4 is 5.95 Å². The number of methoxy groups -OCH3 is 1. The second-order valence-electron chi connectivity index (χ2n) is 7.43. The highest BCUT2D eigenvalue weighted by molar-refractivity contribution is 5.29. The maximum atomic E-state index is 5.20. The second kappa shape index (κ2) is 11.5. The van der Waals surface area contributed by atoms with Crippen molar-refractivity contribution < 1.29 is 4.74 Å². The van der Waals surface area contributed by atoms with Gasteiger partial charge in [-0.1, -0.05) is 64.2 Å². The molecule has 0 aromatic carbocycles. The Balaban J connectivity index is 2.80. The van der Waals surface area contributed by atoms with Crippen LogP contribution in [0.1, 0.15) is 47.5 Å². The fourth-order valence-electron chi connectivity index (χ4n) is 3.03. The lowest BCUT2D eigenvalue weighted by Crippen LogP contribution is -2.27. The first-order valence-electron chi connectivity index (χ1n) is 9.46. The van der Waals surface area contributed by atoms with Gasteiger partial charge in [0, 0.05) is 18.3 Å². The van der Waals surface area contributed by atoms with Gasteiger partial charge in [-0.05, 0) is 37.5 Å². The van der Waals surface area contributed by atoms with Gasteiger partial charge in [-0.2, -0.15) is 4.98 Å². The zero-order chi connectivity index (χ0) is 19.5. The Morgan fingerprint density at radius 1 is 1.23 bits per heavy atom. The Kier molecular flexibility index (Phi) is 9.71. The molecule has 0 fully saturated rings. The van der Waals surface area contributed by atoms with E-state index >= 15 is 0 Å². The van der Waals surface area contributed by atoms with Crippen molar-refractivity contribution in [2.45, 2.75) is 53.5 Å². The van der Waals surface area contributed by atoms with Crippen molar-refractivity contribution in [2.75, 3.05) is 12.4 Å². The lowest BCUT2D eigenvalue weighted by atomic mass is 9.83. The van der Waals surface area contributed by atoms with Crippen LogP contribution in [-0.4, -0.2) is 23.1 Å². The summed E-state index contributed by atoms with van der Waals surface area (Å²) in [5.41, 5.74) is 1.39. The second-order valence-corrected chi connectivity index (χ2v) is 7.43. The average molecular weight is 358 g/mol. The third kappa shape index (κ3) is 7.85. The van der Waals surface area contributed by atoms with Crippen LogP contribution < -0.4 is 10.1 Å². The van der Waals surface area contributed by atoms with Crippen molar-refractivity contribution in [3.8, 4) is 5.88 Å². The van der Waals surface area contributed by atoms with E-state index in [-0.39, 0.29) is 0 Å². The van der Waals surface area contributed by atoms with Gasteiger partial charge in [-0.25, -0.2) is 4.98 Å². The van der Waals surface area contributed by atoms with Gasteiger partial charge in [0.2, 0.25) is 11.8 Å². The number of nitrogens with one attached hydrogen (secondary N) is 1. The molecule has 0 aliphatic rings. The molecular weight excluding hydrogens is 322 g/mol. The molecule has 1 rings (SSSR count). The van der Waals surface area contributed by atoms with Crippen LogP contribution in [-0.2, 0) is 0 Å². The van der Waals surface area contributed by atoms with E-state index < -0.39 is 0 Å². The summed E-state index contributed by atoms with van der Waals surface area (Å²) < 4.78 is 5.20. The molecule has 3 atom stereocenters. The van der Waals surface area contributed by atoms with E-state index in [0.29, 0.717) is 35.6 Å². The number of anilines is 1. The van der Waals surface area contributed by atoms with Gasteiger partial charge >= 0.3 is 0 Å².